The summed E-state index contributed by atoms with van der Waals surface area (Å²) < 4.78 is 7.32. The Bertz CT molecular complexity index is 681. The van der Waals surface area contributed by atoms with Crippen LogP contribution >= 0.6 is 0 Å². The predicted molar refractivity (Wildman–Crippen MR) is 92.2 cm³/mol. The molecule has 1 aliphatic heterocycles. The molecule has 24 heavy (non-hydrogen) atoms. The molecule has 2 heterocycles. The molecule has 1 aliphatic rings. The van der Waals surface area contributed by atoms with Crippen molar-refractivity contribution in [2.24, 2.45) is 5.92 Å². The third-order valence-electron chi connectivity index (χ3n) is 4.44. The Morgan fingerprint density at radius 3 is 2.88 bits per heavy atom. The number of ether oxygens (including phenoxy) is 1. The number of likely N-dealkylation sites (tertiary alicyclic amines) is 1. The summed E-state index contributed by atoms with van der Waals surface area (Å²) in [6.07, 6.45) is 4.94. The molecule has 0 spiro atoms. The van der Waals surface area contributed by atoms with E-state index in [2.05, 4.69) is 19.8 Å². The van der Waals surface area contributed by atoms with Gasteiger partial charge in [-0.25, -0.2) is 4.98 Å². The van der Waals surface area contributed by atoms with Gasteiger partial charge >= 0.3 is 0 Å². The number of amides is 1. The first-order chi connectivity index (χ1) is 11.7. The third kappa shape index (κ3) is 3.94. The number of hydrogen-bond donors (Lipinski definition) is 1. The maximum Gasteiger partial charge on any atom is 0.216 e. The molecule has 0 bridgehead atoms. The number of aromatic nitrogens is 2. The van der Waals surface area contributed by atoms with E-state index in [-0.39, 0.29) is 5.91 Å². The van der Waals surface area contributed by atoms with Gasteiger partial charge < -0.3 is 14.6 Å². The lowest BCUT2D eigenvalue weighted by Gasteiger charge is -2.17. The van der Waals surface area contributed by atoms with E-state index in [1.54, 1.807) is 14.0 Å². The number of rotatable bonds is 6. The summed E-state index contributed by atoms with van der Waals surface area (Å²) in [4.78, 5) is 18.0. The lowest BCUT2D eigenvalue weighted by atomic mass is 10.1. The van der Waals surface area contributed by atoms with Crippen molar-refractivity contribution in [2.45, 2.75) is 19.9 Å². The first-order valence-corrected chi connectivity index (χ1v) is 8.29. The molecule has 1 unspecified atom stereocenters. The minimum Gasteiger partial charge on any atom is -0.497 e. The Morgan fingerprint density at radius 2 is 2.17 bits per heavy atom. The minimum absolute atomic E-state index is 0.0449. The van der Waals surface area contributed by atoms with Crippen LogP contribution in [-0.2, 0) is 11.3 Å². The molecule has 0 radical (unpaired) electrons. The fraction of sp³-hybridized carbons (Fsp3) is 0.444. The van der Waals surface area contributed by atoms with E-state index < -0.39 is 0 Å². The van der Waals surface area contributed by atoms with Crippen molar-refractivity contribution in [3.63, 3.8) is 0 Å². The van der Waals surface area contributed by atoms with Gasteiger partial charge in [0.1, 0.15) is 11.6 Å². The molecule has 2 aromatic rings. The number of nitrogens with one attached hydrogen (secondary N) is 1. The molecule has 1 aromatic heterocycles. The molecule has 1 atom stereocenters. The maximum absolute atomic E-state index is 11.0. The van der Waals surface area contributed by atoms with Crippen LogP contribution in [0.4, 0.5) is 0 Å². The van der Waals surface area contributed by atoms with E-state index in [1.165, 1.54) is 0 Å². The van der Waals surface area contributed by atoms with Crippen LogP contribution in [0, 0.1) is 5.92 Å². The van der Waals surface area contributed by atoms with E-state index in [4.69, 9.17) is 4.74 Å². The molecular formula is C18H24N4O2. The van der Waals surface area contributed by atoms with Gasteiger partial charge in [-0.1, -0.05) is 0 Å². The van der Waals surface area contributed by atoms with Crippen LogP contribution in [0.25, 0.3) is 5.69 Å². The summed E-state index contributed by atoms with van der Waals surface area (Å²) in [5, 5.41) is 2.92. The fourth-order valence-electron chi connectivity index (χ4n) is 3.14. The Hall–Kier alpha value is -2.34. The zero-order valence-electron chi connectivity index (χ0n) is 14.2. The second-order valence-corrected chi connectivity index (χ2v) is 6.24. The average molecular weight is 328 g/mol. The van der Waals surface area contributed by atoms with Crippen LogP contribution in [0.3, 0.4) is 0 Å². The SMILES string of the molecule is COc1ccc(-n2ccnc2CN2CCC(CNC(C)=O)C2)cc1. The van der Waals surface area contributed by atoms with Crippen LogP contribution in [-0.4, -0.2) is 47.1 Å². The number of imidazole rings is 1. The molecule has 128 valence electrons. The molecule has 0 aliphatic carbocycles. The van der Waals surface area contributed by atoms with Crippen molar-refractivity contribution in [1.82, 2.24) is 19.8 Å². The predicted octanol–water partition coefficient (Wildman–Crippen LogP) is 1.84. The number of hydrogen-bond acceptors (Lipinski definition) is 4. The Labute approximate surface area is 142 Å². The zero-order valence-corrected chi connectivity index (χ0v) is 14.2. The number of benzene rings is 1. The van der Waals surface area contributed by atoms with Gasteiger partial charge in [0.05, 0.1) is 13.7 Å². The molecule has 1 aromatic carbocycles. The number of carbonyl (C=O) groups excluding carboxylic acids is 1. The molecule has 6 heteroatoms. The number of nitrogens with zero attached hydrogens (tertiary/aromatic N) is 3. The van der Waals surface area contributed by atoms with Crippen molar-refractivity contribution >= 4 is 5.91 Å². The van der Waals surface area contributed by atoms with Gasteiger partial charge in [-0.2, -0.15) is 0 Å². The molecule has 1 N–H and O–H groups in total. The highest BCUT2D eigenvalue weighted by molar-refractivity contribution is 5.72. The molecule has 1 fully saturated rings. The summed E-state index contributed by atoms with van der Waals surface area (Å²) in [5.74, 6) is 2.45. The van der Waals surface area contributed by atoms with Crippen molar-refractivity contribution in [3.8, 4) is 11.4 Å². The van der Waals surface area contributed by atoms with Gasteiger partial charge in [0.2, 0.25) is 5.91 Å². The summed E-state index contributed by atoms with van der Waals surface area (Å²) in [7, 11) is 1.67. The van der Waals surface area contributed by atoms with Crippen LogP contribution < -0.4 is 10.1 Å². The molecule has 1 saturated heterocycles. The summed E-state index contributed by atoms with van der Waals surface area (Å²) in [5.41, 5.74) is 1.08. The van der Waals surface area contributed by atoms with Crippen LogP contribution in [0.15, 0.2) is 36.7 Å². The van der Waals surface area contributed by atoms with Crippen molar-refractivity contribution in [3.05, 3.63) is 42.5 Å². The van der Waals surface area contributed by atoms with E-state index in [0.29, 0.717) is 5.92 Å². The van der Waals surface area contributed by atoms with E-state index in [1.807, 2.05) is 36.7 Å². The highest BCUT2D eigenvalue weighted by Gasteiger charge is 2.23. The van der Waals surface area contributed by atoms with Gasteiger partial charge in [0.25, 0.3) is 0 Å². The lowest BCUT2D eigenvalue weighted by molar-refractivity contribution is -0.119. The minimum atomic E-state index is 0.0449. The van der Waals surface area contributed by atoms with E-state index in [0.717, 1.165) is 49.9 Å². The van der Waals surface area contributed by atoms with Gasteiger partial charge in [-0.3, -0.25) is 9.69 Å². The van der Waals surface area contributed by atoms with Crippen LogP contribution in [0.5, 0.6) is 5.75 Å². The van der Waals surface area contributed by atoms with Crippen molar-refractivity contribution in [2.75, 3.05) is 26.7 Å². The largest absolute Gasteiger partial charge is 0.497 e. The van der Waals surface area contributed by atoms with Gasteiger partial charge in [-0.15, -0.1) is 0 Å². The summed E-state index contributed by atoms with van der Waals surface area (Å²) in [6.45, 7) is 5.18. The number of methoxy groups -OCH3 is 1. The molecule has 6 nitrogen and oxygen atoms in total. The maximum atomic E-state index is 11.0. The van der Waals surface area contributed by atoms with Crippen LogP contribution in [0.1, 0.15) is 19.2 Å². The third-order valence-corrected chi connectivity index (χ3v) is 4.44. The zero-order chi connectivity index (χ0) is 16.9. The first-order valence-electron chi connectivity index (χ1n) is 8.29. The molecule has 0 saturated carbocycles. The van der Waals surface area contributed by atoms with Crippen molar-refractivity contribution in [1.29, 1.82) is 0 Å². The van der Waals surface area contributed by atoms with Crippen molar-refractivity contribution < 1.29 is 9.53 Å². The van der Waals surface area contributed by atoms with E-state index in [9.17, 15) is 4.79 Å². The Kier molecular flexibility index (Phi) is 5.15. The molecule has 1 amide bonds. The normalized spacial score (nSPS) is 17.8. The first kappa shape index (κ1) is 16.5. The van der Waals surface area contributed by atoms with Gasteiger partial charge in [0, 0.05) is 38.1 Å². The monoisotopic (exact) mass is 328 g/mol. The second-order valence-electron chi connectivity index (χ2n) is 6.24. The summed E-state index contributed by atoms with van der Waals surface area (Å²) in [6, 6.07) is 7.98. The standard InChI is InChI=1S/C18H24N4O2/c1-14(23)20-11-15-7-9-21(12-15)13-18-19-8-10-22(18)16-3-5-17(24-2)6-4-16/h3-6,8,10,15H,7,9,11-13H2,1-2H3,(H,20,23). The van der Waals surface area contributed by atoms with E-state index >= 15 is 0 Å². The fourth-order valence-corrected chi connectivity index (χ4v) is 3.14. The van der Waals surface area contributed by atoms with Crippen LogP contribution in [0.2, 0.25) is 0 Å². The molecule has 3 rings (SSSR count). The molecular weight excluding hydrogens is 304 g/mol. The second kappa shape index (κ2) is 7.49. The Morgan fingerprint density at radius 1 is 1.38 bits per heavy atom. The highest BCUT2D eigenvalue weighted by Crippen LogP contribution is 2.20. The lowest BCUT2D eigenvalue weighted by Crippen LogP contribution is -2.29. The summed E-state index contributed by atoms with van der Waals surface area (Å²) >= 11 is 0. The quantitative estimate of drug-likeness (QED) is 0.879. The average Bonchev–Trinajstić information content (AvgIpc) is 3.23. The Balaban J connectivity index is 1.62. The smallest absolute Gasteiger partial charge is 0.216 e. The topological polar surface area (TPSA) is 59.4 Å². The van der Waals surface area contributed by atoms with Gasteiger partial charge in [0.15, 0.2) is 0 Å². The highest BCUT2D eigenvalue weighted by atomic mass is 16.5. The number of carbonyl (C=O) groups is 1. The van der Waals surface area contributed by atoms with Gasteiger partial charge in [-0.05, 0) is 43.1 Å².